The van der Waals surface area contributed by atoms with Crippen molar-refractivity contribution in [1.29, 1.82) is 5.26 Å². The van der Waals surface area contributed by atoms with Gasteiger partial charge < -0.3 is 5.32 Å². The summed E-state index contributed by atoms with van der Waals surface area (Å²) in [5.74, 6) is -2.13. The first-order valence-electron chi connectivity index (χ1n) is 5.25. The zero-order valence-electron chi connectivity index (χ0n) is 9.65. The Morgan fingerprint density at radius 3 is 2.58 bits per heavy atom. The van der Waals surface area contributed by atoms with Gasteiger partial charge in [0.15, 0.2) is 5.92 Å². The smallest absolute Gasteiger partial charge is 0.311 e. The number of benzene rings is 1. The fraction of sp³-hybridized carbons (Fsp3) is 0.364. The van der Waals surface area contributed by atoms with E-state index in [2.05, 4.69) is 5.32 Å². The lowest BCUT2D eigenvalue weighted by Crippen LogP contribution is -2.32. The zero-order chi connectivity index (χ0) is 14.5. The van der Waals surface area contributed by atoms with Crippen LogP contribution in [0.1, 0.15) is 5.56 Å². The monoisotopic (exact) mass is 273 g/mol. The molecule has 0 bridgehead atoms. The Morgan fingerprint density at radius 2 is 2.05 bits per heavy atom. The molecule has 1 rings (SSSR count). The van der Waals surface area contributed by atoms with Crippen molar-refractivity contribution in [3.05, 3.63) is 39.9 Å². The van der Waals surface area contributed by atoms with Crippen molar-refractivity contribution in [3.8, 4) is 6.07 Å². The Labute approximate surface area is 106 Å². The van der Waals surface area contributed by atoms with Gasteiger partial charge in [-0.1, -0.05) is 18.2 Å². The number of nitro groups is 1. The number of nitriles is 1. The van der Waals surface area contributed by atoms with Crippen molar-refractivity contribution < 1.29 is 18.1 Å². The van der Waals surface area contributed by atoms with Gasteiger partial charge in [0.05, 0.1) is 11.0 Å². The maximum absolute atomic E-state index is 12.3. The number of hydrogen-bond donors (Lipinski definition) is 1. The van der Waals surface area contributed by atoms with Crippen LogP contribution >= 0.6 is 0 Å². The zero-order valence-corrected chi connectivity index (χ0v) is 9.65. The summed E-state index contributed by atoms with van der Waals surface area (Å²) in [5, 5.41) is 21.5. The molecule has 0 saturated heterocycles. The van der Waals surface area contributed by atoms with E-state index in [4.69, 9.17) is 5.26 Å². The topological polar surface area (TPSA) is 79.0 Å². The molecule has 0 aliphatic rings. The van der Waals surface area contributed by atoms with Crippen molar-refractivity contribution in [3.63, 3.8) is 0 Å². The molecule has 1 aromatic rings. The first kappa shape index (κ1) is 14.9. The summed E-state index contributed by atoms with van der Waals surface area (Å²) in [6.07, 6.45) is -4.61. The number of rotatable bonds is 5. The largest absolute Gasteiger partial charge is 0.405 e. The van der Waals surface area contributed by atoms with Gasteiger partial charge in [-0.15, -0.1) is 0 Å². The second kappa shape index (κ2) is 6.15. The van der Waals surface area contributed by atoms with Crippen LogP contribution in [0, 0.1) is 27.4 Å². The molecule has 102 valence electrons. The Kier molecular flexibility index (Phi) is 4.83. The van der Waals surface area contributed by atoms with E-state index in [1.165, 1.54) is 18.2 Å². The molecule has 0 heterocycles. The molecular formula is C11H10F3N3O2. The number of nitrogens with zero attached hydrogens (tertiary/aromatic N) is 2. The summed E-state index contributed by atoms with van der Waals surface area (Å²) in [5.41, 5.74) is 0.0990. The van der Waals surface area contributed by atoms with Crippen molar-refractivity contribution in [2.75, 3.05) is 6.54 Å². The highest BCUT2D eigenvalue weighted by molar-refractivity contribution is 5.39. The van der Waals surface area contributed by atoms with Crippen molar-refractivity contribution >= 4 is 5.69 Å². The van der Waals surface area contributed by atoms with Crippen molar-refractivity contribution in [1.82, 2.24) is 5.32 Å². The van der Waals surface area contributed by atoms with Crippen LogP contribution in [0.4, 0.5) is 18.9 Å². The average Bonchev–Trinajstić information content (AvgIpc) is 2.33. The first-order valence-corrected chi connectivity index (χ1v) is 5.25. The Morgan fingerprint density at radius 1 is 1.42 bits per heavy atom. The second-order valence-electron chi connectivity index (χ2n) is 3.74. The van der Waals surface area contributed by atoms with Gasteiger partial charge in [0.1, 0.15) is 0 Å². The maximum Gasteiger partial charge on any atom is 0.405 e. The van der Waals surface area contributed by atoms with E-state index >= 15 is 0 Å². The number of nitrogens with one attached hydrogen (secondary N) is 1. The van der Waals surface area contributed by atoms with Gasteiger partial charge in [-0.2, -0.15) is 18.4 Å². The summed E-state index contributed by atoms with van der Waals surface area (Å²) < 4.78 is 36.8. The van der Waals surface area contributed by atoms with Crippen LogP contribution in [0.2, 0.25) is 0 Å². The van der Waals surface area contributed by atoms with Gasteiger partial charge in [-0.25, -0.2) is 0 Å². The summed E-state index contributed by atoms with van der Waals surface area (Å²) in [7, 11) is 0. The Balaban J connectivity index is 2.64. The fourth-order valence-corrected chi connectivity index (χ4v) is 1.42. The predicted molar refractivity (Wildman–Crippen MR) is 60.0 cm³/mol. The van der Waals surface area contributed by atoms with Gasteiger partial charge >= 0.3 is 6.18 Å². The third kappa shape index (κ3) is 4.22. The van der Waals surface area contributed by atoms with Gasteiger partial charge in [-0.3, -0.25) is 10.1 Å². The van der Waals surface area contributed by atoms with Crippen LogP contribution in [0.3, 0.4) is 0 Å². The lowest BCUT2D eigenvalue weighted by molar-refractivity contribution is -0.385. The van der Waals surface area contributed by atoms with E-state index in [1.54, 1.807) is 6.07 Å². The van der Waals surface area contributed by atoms with E-state index in [0.717, 1.165) is 6.07 Å². The van der Waals surface area contributed by atoms with E-state index in [1.807, 2.05) is 0 Å². The highest BCUT2D eigenvalue weighted by Gasteiger charge is 2.39. The molecule has 0 aromatic heterocycles. The summed E-state index contributed by atoms with van der Waals surface area (Å²) in [6, 6.07) is 6.87. The van der Waals surface area contributed by atoms with Crippen LogP contribution in [0.5, 0.6) is 0 Å². The molecule has 0 fully saturated rings. The second-order valence-corrected chi connectivity index (χ2v) is 3.74. The highest BCUT2D eigenvalue weighted by Crippen LogP contribution is 2.25. The lowest BCUT2D eigenvalue weighted by Gasteiger charge is -2.13. The van der Waals surface area contributed by atoms with E-state index in [0.29, 0.717) is 0 Å². The molecule has 8 heteroatoms. The molecule has 0 amide bonds. The van der Waals surface area contributed by atoms with Gasteiger partial charge in [0.2, 0.25) is 0 Å². The molecule has 0 spiro atoms. The van der Waals surface area contributed by atoms with Crippen LogP contribution in [-0.2, 0) is 6.54 Å². The van der Waals surface area contributed by atoms with Crippen LogP contribution in [0.25, 0.3) is 0 Å². The quantitative estimate of drug-likeness (QED) is 0.660. The lowest BCUT2D eigenvalue weighted by atomic mass is 10.1. The number of halogens is 3. The fourth-order valence-electron chi connectivity index (χ4n) is 1.42. The highest BCUT2D eigenvalue weighted by atomic mass is 19.4. The minimum Gasteiger partial charge on any atom is -0.311 e. The standard InChI is InChI=1S/C11H10F3N3O2/c12-11(13,14)9(5-15)7-16-6-8-3-1-2-4-10(8)17(18)19/h1-4,9,16H,6-7H2. The normalized spacial score (nSPS) is 12.7. The van der Waals surface area contributed by atoms with E-state index in [-0.39, 0.29) is 17.8 Å². The third-order valence-electron chi connectivity index (χ3n) is 2.40. The third-order valence-corrected chi connectivity index (χ3v) is 2.40. The van der Waals surface area contributed by atoms with E-state index in [9.17, 15) is 23.3 Å². The Bertz CT molecular complexity index is 497. The number of hydrogen-bond acceptors (Lipinski definition) is 4. The van der Waals surface area contributed by atoms with Crippen LogP contribution in [-0.4, -0.2) is 17.6 Å². The first-order chi connectivity index (χ1) is 8.86. The van der Waals surface area contributed by atoms with Gasteiger partial charge in [0.25, 0.3) is 5.69 Å². The molecule has 0 aliphatic heterocycles. The molecule has 0 saturated carbocycles. The molecule has 1 N–H and O–H groups in total. The molecule has 1 unspecified atom stereocenters. The molecule has 5 nitrogen and oxygen atoms in total. The van der Waals surface area contributed by atoms with Gasteiger partial charge in [0, 0.05) is 24.7 Å². The van der Waals surface area contributed by atoms with Crippen molar-refractivity contribution in [2.45, 2.75) is 12.7 Å². The molecule has 1 aromatic carbocycles. The van der Waals surface area contributed by atoms with E-state index < -0.39 is 23.6 Å². The average molecular weight is 273 g/mol. The predicted octanol–water partition coefficient (Wildman–Crippen LogP) is 2.39. The number of alkyl halides is 3. The number of nitro benzene ring substituents is 1. The summed E-state index contributed by atoms with van der Waals surface area (Å²) >= 11 is 0. The molecule has 19 heavy (non-hydrogen) atoms. The molecule has 0 aliphatic carbocycles. The maximum atomic E-state index is 12.3. The number of para-hydroxylation sites is 1. The molecule has 0 radical (unpaired) electrons. The minimum absolute atomic E-state index is 0.106. The SMILES string of the molecule is N#CC(CNCc1ccccc1[N+](=O)[O-])C(F)(F)F. The molecular weight excluding hydrogens is 263 g/mol. The van der Waals surface area contributed by atoms with Gasteiger partial charge in [-0.05, 0) is 0 Å². The molecule has 1 atom stereocenters. The van der Waals surface area contributed by atoms with Crippen LogP contribution < -0.4 is 5.32 Å². The van der Waals surface area contributed by atoms with Crippen LogP contribution in [0.15, 0.2) is 24.3 Å². The Hall–Kier alpha value is -2.14. The summed E-state index contributed by atoms with van der Waals surface area (Å²) in [6.45, 7) is -0.711. The van der Waals surface area contributed by atoms with Crippen molar-refractivity contribution in [2.24, 2.45) is 5.92 Å². The minimum atomic E-state index is -4.61. The summed E-state index contributed by atoms with van der Waals surface area (Å²) in [4.78, 5) is 10.1.